The van der Waals surface area contributed by atoms with E-state index in [2.05, 4.69) is 21.2 Å². The number of halogens is 1. The van der Waals surface area contributed by atoms with Crippen molar-refractivity contribution in [2.24, 2.45) is 0 Å². The molecule has 3 nitrogen and oxygen atoms in total. The van der Waals surface area contributed by atoms with Gasteiger partial charge in [-0.2, -0.15) is 0 Å². The number of hydrogen-bond donors (Lipinski definition) is 2. The van der Waals surface area contributed by atoms with Crippen molar-refractivity contribution in [2.75, 3.05) is 19.8 Å². The van der Waals surface area contributed by atoms with Gasteiger partial charge in [-0.1, -0.05) is 6.07 Å². The number of hydrogen-bond acceptors (Lipinski definition) is 3. The zero-order chi connectivity index (χ0) is 9.97. The summed E-state index contributed by atoms with van der Waals surface area (Å²) in [4.78, 5) is 0. The van der Waals surface area contributed by atoms with E-state index in [0.29, 0.717) is 6.61 Å². The Hall–Kier alpha value is -0.580. The highest BCUT2D eigenvalue weighted by Gasteiger charge is 2.15. The Kier molecular flexibility index (Phi) is 3.05. The number of phenolic OH excluding ortho intramolecular Hbond substituents is 1. The van der Waals surface area contributed by atoms with Gasteiger partial charge in [-0.05, 0) is 33.6 Å². The van der Waals surface area contributed by atoms with Crippen LogP contribution in [-0.2, 0) is 4.74 Å². The first kappa shape index (κ1) is 9.96. The number of phenols is 1. The largest absolute Gasteiger partial charge is 0.507 e. The molecule has 1 aromatic rings. The molecule has 1 aromatic carbocycles. The lowest BCUT2D eigenvalue weighted by molar-refractivity contribution is 0.0768. The highest BCUT2D eigenvalue weighted by molar-refractivity contribution is 9.10. The highest BCUT2D eigenvalue weighted by atomic mass is 79.9. The standard InChI is InChI=1S/C10H12BrNO2/c11-8-2-1-7(5-10(8)13)9-6-14-4-3-12-9/h1-2,5,9,12-13H,3-4,6H2. The molecule has 1 aliphatic rings. The Morgan fingerprint density at radius 1 is 1.50 bits per heavy atom. The molecule has 2 rings (SSSR count). The maximum absolute atomic E-state index is 9.52. The molecule has 1 unspecified atom stereocenters. The lowest BCUT2D eigenvalue weighted by Crippen LogP contribution is -2.34. The minimum absolute atomic E-state index is 0.197. The van der Waals surface area contributed by atoms with E-state index in [1.807, 2.05) is 12.1 Å². The van der Waals surface area contributed by atoms with Gasteiger partial charge in [0.25, 0.3) is 0 Å². The van der Waals surface area contributed by atoms with Crippen molar-refractivity contribution < 1.29 is 9.84 Å². The quantitative estimate of drug-likeness (QED) is 0.807. The van der Waals surface area contributed by atoms with Crippen molar-refractivity contribution >= 4 is 15.9 Å². The topological polar surface area (TPSA) is 41.5 Å². The van der Waals surface area contributed by atoms with Crippen LogP contribution in [-0.4, -0.2) is 24.9 Å². The third-order valence-corrected chi connectivity index (χ3v) is 2.96. The summed E-state index contributed by atoms with van der Waals surface area (Å²) in [5, 5.41) is 12.8. The minimum atomic E-state index is 0.197. The Labute approximate surface area is 91.2 Å². The molecular formula is C10H12BrNO2. The van der Waals surface area contributed by atoms with Crippen LogP contribution in [0.4, 0.5) is 0 Å². The van der Waals surface area contributed by atoms with Crippen LogP contribution < -0.4 is 5.32 Å². The SMILES string of the molecule is Oc1cc(C2COCCN2)ccc1Br. The van der Waals surface area contributed by atoms with E-state index >= 15 is 0 Å². The Morgan fingerprint density at radius 3 is 3.00 bits per heavy atom. The van der Waals surface area contributed by atoms with Crippen LogP contribution >= 0.6 is 15.9 Å². The predicted molar refractivity (Wildman–Crippen MR) is 57.4 cm³/mol. The second-order valence-electron chi connectivity index (χ2n) is 3.29. The van der Waals surface area contributed by atoms with Crippen molar-refractivity contribution in [2.45, 2.75) is 6.04 Å². The van der Waals surface area contributed by atoms with Crippen LogP contribution in [0.3, 0.4) is 0 Å². The van der Waals surface area contributed by atoms with Crippen molar-refractivity contribution in [3.05, 3.63) is 28.2 Å². The molecule has 1 aliphatic heterocycles. The van der Waals surface area contributed by atoms with Crippen molar-refractivity contribution in [3.63, 3.8) is 0 Å². The molecule has 0 aromatic heterocycles. The smallest absolute Gasteiger partial charge is 0.130 e. The van der Waals surface area contributed by atoms with Gasteiger partial charge in [-0.3, -0.25) is 0 Å². The maximum Gasteiger partial charge on any atom is 0.130 e. The molecule has 1 fully saturated rings. The number of aromatic hydroxyl groups is 1. The third kappa shape index (κ3) is 2.08. The first-order valence-corrected chi connectivity index (χ1v) is 5.36. The summed E-state index contributed by atoms with van der Waals surface area (Å²) in [5.74, 6) is 0.273. The van der Waals surface area contributed by atoms with Crippen LogP contribution in [0.5, 0.6) is 5.75 Å². The fourth-order valence-electron chi connectivity index (χ4n) is 1.53. The summed E-state index contributed by atoms with van der Waals surface area (Å²) in [6.07, 6.45) is 0. The van der Waals surface area contributed by atoms with Gasteiger partial charge < -0.3 is 15.2 Å². The Bertz CT molecular complexity index is 324. The Balaban J connectivity index is 2.18. The fraction of sp³-hybridized carbons (Fsp3) is 0.400. The number of morpholine rings is 1. The summed E-state index contributed by atoms with van der Waals surface area (Å²) < 4.78 is 6.07. The van der Waals surface area contributed by atoms with E-state index in [-0.39, 0.29) is 11.8 Å². The molecule has 1 saturated heterocycles. The van der Waals surface area contributed by atoms with Gasteiger partial charge in [-0.15, -0.1) is 0 Å². The number of rotatable bonds is 1. The second kappa shape index (κ2) is 4.29. The monoisotopic (exact) mass is 257 g/mol. The average Bonchev–Trinajstić information content (AvgIpc) is 2.23. The first-order valence-electron chi connectivity index (χ1n) is 4.57. The molecule has 0 aliphatic carbocycles. The number of ether oxygens (including phenoxy) is 1. The second-order valence-corrected chi connectivity index (χ2v) is 4.15. The molecular weight excluding hydrogens is 246 g/mol. The molecule has 0 saturated carbocycles. The van der Waals surface area contributed by atoms with Gasteiger partial charge in [0, 0.05) is 6.54 Å². The molecule has 14 heavy (non-hydrogen) atoms. The first-order chi connectivity index (χ1) is 6.77. The number of benzene rings is 1. The van der Waals surface area contributed by atoms with E-state index in [1.54, 1.807) is 6.07 Å². The molecule has 0 amide bonds. The van der Waals surface area contributed by atoms with Gasteiger partial charge in [0.1, 0.15) is 5.75 Å². The minimum Gasteiger partial charge on any atom is -0.507 e. The van der Waals surface area contributed by atoms with Crippen LogP contribution in [0.25, 0.3) is 0 Å². The maximum atomic E-state index is 9.52. The Morgan fingerprint density at radius 2 is 2.36 bits per heavy atom. The van der Waals surface area contributed by atoms with E-state index < -0.39 is 0 Å². The van der Waals surface area contributed by atoms with E-state index in [0.717, 1.165) is 23.2 Å². The average molecular weight is 258 g/mol. The van der Waals surface area contributed by atoms with Gasteiger partial charge in [0.2, 0.25) is 0 Å². The number of nitrogens with one attached hydrogen (secondary N) is 1. The van der Waals surface area contributed by atoms with Gasteiger partial charge in [0.15, 0.2) is 0 Å². The predicted octanol–water partition coefficient (Wildman–Crippen LogP) is 1.82. The summed E-state index contributed by atoms with van der Waals surface area (Å²) in [7, 11) is 0. The van der Waals surface area contributed by atoms with E-state index in [1.165, 1.54) is 0 Å². The molecule has 1 atom stereocenters. The van der Waals surface area contributed by atoms with Crippen molar-refractivity contribution in [1.82, 2.24) is 5.32 Å². The molecule has 2 N–H and O–H groups in total. The summed E-state index contributed by atoms with van der Waals surface area (Å²) in [6.45, 7) is 2.29. The van der Waals surface area contributed by atoms with Crippen LogP contribution in [0.1, 0.15) is 11.6 Å². The highest BCUT2D eigenvalue weighted by Crippen LogP contribution is 2.27. The summed E-state index contributed by atoms with van der Waals surface area (Å²) >= 11 is 3.25. The third-order valence-electron chi connectivity index (χ3n) is 2.29. The van der Waals surface area contributed by atoms with Gasteiger partial charge in [0.05, 0.1) is 23.7 Å². The van der Waals surface area contributed by atoms with Crippen LogP contribution in [0.2, 0.25) is 0 Å². The van der Waals surface area contributed by atoms with E-state index in [4.69, 9.17) is 4.74 Å². The van der Waals surface area contributed by atoms with Gasteiger partial charge in [-0.25, -0.2) is 0 Å². The van der Waals surface area contributed by atoms with Crippen molar-refractivity contribution in [3.8, 4) is 5.75 Å². The van der Waals surface area contributed by atoms with Gasteiger partial charge >= 0.3 is 0 Å². The summed E-state index contributed by atoms with van der Waals surface area (Å²) in [5.41, 5.74) is 1.06. The molecule has 4 heteroatoms. The molecule has 0 spiro atoms. The molecule has 0 radical (unpaired) electrons. The van der Waals surface area contributed by atoms with E-state index in [9.17, 15) is 5.11 Å². The van der Waals surface area contributed by atoms with Crippen LogP contribution in [0.15, 0.2) is 22.7 Å². The fourth-order valence-corrected chi connectivity index (χ4v) is 1.77. The van der Waals surface area contributed by atoms with Crippen LogP contribution in [0, 0.1) is 0 Å². The lowest BCUT2D eigenvalue weighted by Gasteiger charge is -2.24. The lowest BCUT2D eigenvalue weighted by atomic mass is 10.1. The molecule has 76 valence electrons. The zero-order valence-electron chi connectivity index (χ0n) is 7.66. The summed E-state index contributed by atoms with van der Waals surface area (Å²) in [6, 6.07) is 5.79. The normalized spacial score (nSPS) is 22.2. The molecule has 1 heterocycles. The van der Waals surface area contributed by atoms with Crippen molar-refractivity contribution in [1.29, 1.82) is 0 Å². The molecule has 0 bridgehead atoms. The zero-order valence-corrected chi connectivity index (χ0v) is 9.25.